The fraction of sp³-hybridized carbons (Fsp3) is 0.800. The van der Waals surface area contributed by atoms with E-state index in [9.17, 15) is 9.59 Å². The summed E-state index contributed by atoms with van der Waals surface area (Å²) in [4.78, 5) is 21.9. The number of rotatable bonds is 4. The van der Waals surface area contributed by atoms with Crippen LogP contribution in [0.3, 0.4) is 0 Å². The molecule has 0 aromatic heterocycles. The van der Waals surface area contributed by atoms with Gasteiger partial charge in [0, 0.05) is 6.42 Å². The average Bonchev–Trinajstić information content (AvgIpc) is 2.52. The van der Waals surface area contributed by atoms with Gasteiger partial charge in [-0.2, -0.15) is 0 Å². The number of carboxylic acids is 1. The molecule has 0 aliphatic heterocycles. The second-order valence-corrected chi connectivity index (χ2v) is 3.65. The van der Waals surface area contributed by atoms with Gasteiger partial charge >= 0.3 is 11.9 Å². The summed E-state index contributed by atoms with van der Waals surface area (Å²) in [7, 11) is 0. The van der Waals surface area contributed by atoms with Gasteiger partial charge in [-0.1, -0.05) is 6.92 Å². The van der Waals surface area contributed by atoms with Crippen LogP contribution in [0.15, 0.2) is 0 Å². The predicted octanol–water partition coefficient (Wildman–Crippen LogP) is 1.58. The third-order valence-corrected chi connectivity index (χ3v) is 2.51. The summed E-state index contributed by atoms with van der Waals surface area (Å²) >= 11 is 0. The molecular weight excluding hydrogens is 184 g/mol. The lowest BCUT2D eigenvalue weighted by Crippen LogP contribution is -2.27. The van der Waals surface area contributed by atoms with Crippen molar-refractivity contribution in [2.24, 2.45) is 5.92 Å². The molecule has 0 radical (unpaired) electrons. The normalized spacial score (nSPS) is 26.1. The lowest BCUT2D eigenvalue weighted by Gasteiger charge is -2.16. The zero-order valence-corrected chi connectivity index (χ0v) is 8.36. The first kappa shape index (κ1) is 11.0. The summed E-state index contributed by atoms with van der Waals surface area (Å²) in [5.41, 5.74) is 0. The van der Waals surface area contributed by atoms with Crippen molar-refractivity contribution < 1.29 is 19.4 Å². The summed E-state index contributed by atoms with van der Waals surface area (Å²) < 4.78 is 5.11. The summed E-state index contributed by atoms with van der Waals surface area (Å²) in [5.74, 6) is -1.61. The van der Waals surface area contributed by atoms with Gasteiger partial charge in [-0.15, -0.1) is 0 Å². The SMILES string of the molecule is CCCC(=O)OC1CCCC1C(=O)O. The summed E-state index contributed by atoms with van der Waals surface area (Å²) in [6.07, 6.45) is 2.87. The van der Waals surface area contributed by atoms with Crippen molar-refractivity contribution in [1.29, 1.82) is 0 Å². The molecule has 2 atom stereocenters. The summed E-state index contributed by atoms with van der Waals surface area (Å²) in [6, 6.07) is 0. The highest BCUT2D eigenvalue weighted by Gasteiger charge is 2.35. The summed E-state index contributed by atoms with van der Waals surface area (Å²) in [6.45, 7) is 1.89. The Bertz CT molecular complexity index is 224. The first-order chi connectivity index (χ1) is 6.65. The Balaban J connectivity index is 2.43. The fourth-order valence-corrected chi connectivity index (χ4v) is 1.78. The number of carbonyl (C=O) groups excluding carboxylic acids is 1. The molecule has 0 heterocycles. The van der Waals surface area contributed by atoms with Gasteiger partial charge in [-0.05, 0) is 25.7 Å². The molecule has 0 saturated heterocycles. The van der Waals surface area contributed by atoms with Gasteiger partial charge < -0.3 is 9.84 Å². The van der Waals surface area contributed by atoms with Gasteiger partial charge in [0.05, 0.1) is 5.92 Å². The van der Waals surface area contributed by atoms with Gasteiger partial charge in [-0.3, -0.25) is 9.59 Å². The van der Waals surface area contributed by atoms with Crippen LogP contribution in [0.25, 0.3) is 0 Å². The van der Waals surface area contributed by atoms with Crippen molar-refractivity contribution in [3.8, 4) is 0 Å². The Morgan fingerprint density at radius 3 is 2.71 bits per heavy atom. The van der Waals surface area contributed by atoms with Gasteiger partial charge in [0.15, 0.2) is 0 Å². The number of ether oxygens (including phenoxy) is 1. The van der Waals surface area contributed by atoms with Crippen LogP contribution in [-0.2, 0) is 14.3 Å². The first-order valence-corrected chi connectivity index (χ1v) is 5.07. The van der Waals surface area contributed by atoms with E-state index in [2.05, 4.69) is 0 Å². The van der Waals surface area contributed by atoms with E-state index in [1.54, 1.807) is 0 Å². The van der Waals surface area contributed by atoms with Crippen LogP contribution in [0.2, 0.25) is 0 Å². The molecule has 80 valence electrons. The van der Waals surface area contributed by atoms with E-state index < -0.39 is 18.0 Å². The molecule has 0 amide bonds. The van der Waals surface area contributed by atoms with E-state index in [0.717, 1.165) is 12.8 Å². The molecule has 4 heteroatoms. The number of aliphatic carboxylic acids is 1. The van der Waals surface area contributed by atoms with Crippen molar-refractivity contribution in [3.05, 3.63) is 0 Å². The minimum Gasteiger partial charge on any atom is -0.481 e. The molecular formula is C10H16O4. The molecule has 14 heavy (non-hydrogen) atoms. The van der Waals surface area contributed by atoms with Gasteiger partial charge in [0.2, 0.25) is 0 Å². The third-order valence-electron chi connectivity index (χ3n) is 2.51. The second-order valence-electron chi connectivity index (χ2n) is 3.65. The van der Waals surface area contributed by atoms with Crippen molar-refractivity contribution in [3.63, 3.8) is 0 Å². The van der Waals surface area contributed by atoms with Crippen LogP contribution in [0, 0.1) is 5.92 Å². The van der Waals surface area contributed by atoms with E-state index in [0.29, 0.717) is 19.3 Å². The Hall–Kier alpha value is -1.06. The first-order valence-electron chi connectivity index (χ1n) is 5.07. The Kier molecular flexibility index (Phi) is 3.92. The van der Waals surface area contributed by atoms with E-state index in [4.69, 9.17) is 9.84 Å². The van der Waals surface area contributed by atoms with Crippen LogP contribution in [0.5, 0.6) is 0 Å². The smallest absolute Gasteiger partial charge is 0.310 e. The van der Waals surface area contributed by atoms with Gasteiger partial charge in [-0.25, -0.2) is 0 Å². The zero-order chi connectivity index (χ0) is 10.6. The summed E-state index contributed by atoms with van der Waals surface area (Å²) in [5, 5.41) is 8.84. The zero-order valence-electron chi connectivity index (χ0n) is 8.36. The highest BCUT2D eigenvalue weighted by molar-refractivity contribution is 5.73. The van der Waals surface area contributed by atoms with Gasteiger partial charge in [0.25, 0.3) is 0 Å². The second kappa shape index (κ2) is 4.98. The maximum Gasteiger partial charge on any atom is 0.310 e. The molecule has 1 rings (SSSR count). The minimum atomic E-state index is -0.850. The van der Waals surface area contributed by atoms with E-state index in [1.807, 2.05) is 6.92 Å². The molecule has 1 aliphatic carbocycles. The van der Waals surface area contributed by atoms with Crippen LogP contribution in [0.1, 0.15) is 39.0 Å². The fourth-order valence-electron chi connectivity index (χ4n) is 1.78. The molecule has 1 fully saturated rings. The monoisotopic (exact) mass is 200 g/mol. The van der Waals surface area contributed by atoms with Crippen molar-refractivity contribution in [2.45, 2.75) is 45.1 Å². The lowest BCUT2D eigenvalue weighted by molar-refractivity contribution is -0.156. The maximum atomic E-state index is 11.2. The molecule has 1 aliphatic rings. The molecule has 0 spiro atoms. The highest BCUT2D eigenvalue weighted by atomic mass is 16.5. The number of hydrogen-bond acceptors (Lipinski definition) is 3. The Morgan fingerprint density at radius 1 is 1.43 bits per heavy atom. The molecule has 1 saturated carbocycles. The third kappa shape index (κ3) is 2.72. The van der Waals surface area contributed by atoms with Crippen LogP contribution >= 0.6 is 0 Å². The molecule has 2 unspecified atom stereocenters. The van der Waals surface area contributed by atoms with Crippen LogP contribution in [-0.4, -0.2) is 23.1 Å². The number of hydrogen-bond donors (Lipinski definition) is 1. The van der Waals surface area contributed by atoms with Crippen LogP contribution < -0.4 is 0 Å². The molecule has 0 aromatic carbocycles. The topological polar surface area (TPSA) is 63.6 Å². The van der Waals surface area contributed by atoms with E-state index >= 15 is 0 Å². The van der Waals surface area contributed by atoms with Crippen molar-refractivity contribution in [1.82, 2.24) is 0 Å². The Labute approximate surface area is 83.2 Å². The van der Waals surface area contributed by atoms with Crippen molar-refractivity contribution in [2.75, 3.05) is 0 Å². The average molecular weight is 200 g/mol. The van der Waals surface area contributed by atoms with E-state index in [1.165, 1.54) is 0 Å². The molecule has 0 bridgehead atoms. The predicted molar refractivity (Wildman–Crippen MR) is 49.8 cm³/mol. The number of carboxylic acid groups (broad SMARTS) is 1. The molecule has 0 aromatic rings. The standard InChI is InChI=1S/C10H16O4/c1-2-4-9(11)14-8-6-3-5-7(8)10(12)13/h7-8H,2-6H2,1H3,(H,12,13). The quantitative estimate of drug-likeness (QED) is 0.700. The number of esters is 1. The lowest BCUT2D eigenvalue weighted by atomic mass is 10.1. The van der Waals surface area contributed by atoms with Gasteiger partial charge in [0.1, 0.15) is 6.10 Å². The number of carbonyl (C=O) groups is 2. The highest BCUT2D eigenvalue weighted by Crippen LogP contribution is 2.28. The Morgan fingerprint density at radius 2 is 2.14 bits per heavy atom. The molecule has 4 nitrogen and oxygen atoms in total. The molecule has 1 N–H and O–H groups in total. The van der Waals surface area contributed by atoms with Crippen molar-refractivity contribution >= 4 is 11.9 Å². The van der Waals surface area contributed by atoms with E-state index in [-0.39, 0.29) is 5.97 Å². The maximum absolute atomic E-state index is 11.2. The minimum absolute atomic E-state index is 0.273. The largest absolute Gasteiger partial charge is 0.481 e. The van der Waals surface area contributed by atoms with Crippen LogP contribution in [0.4, 0.5) is 0 Å².